The Labute approximate surface area is 112 Å². The zero-order valence-electron chi connectivity index (χ0n) is 10.6. The molecule has 1 aromatic rings. The minimum atomic E-state index is 0.379. The minimum absolute atomic E-state index is 0.379. The number of thioether (sulfide) groups is 1. The molecule has 0 aromatic heterocycles. The molecule has 1 aliphatic rings. The average Bonchev–Trinajstić information content (AvgIpc) is 2.87. The van der Waals surface area contributed by atoms with Crippen LogP contribution in [0.15, 0.2) is 35.3 Å². The van der Waals surface area contributed by atoms with E-state index in [1.807, 2.05) is 42.1 Å². The molecule has 98 valence electrons. The van der Waals surface area contributed by atoms with Crippen molar-refractivity contribution in [2.45, 2.75) is 30.6 Å². The predicted molar refractivity (Wildman–Crippen MR) is 79.8 cm³/mol. The van der Waals surface area contributed by atoms with Crippen molar-refractivity contribution >= 4 is 23.4 Å². The first-order chi connectivity index (χ1) is 8.81. The fraction of sp³-hybridized carbons (Fsp3) is 0.462. The second-order valence-corrected chi connectivity index (χ2v) is 5.58. The van der Waals surface area contributed by atoms with E-state index in [4.69, 9.17) is 5.84 Å². The van der Waals surface area contributed by atoms with Gasteiger partial charge in [0.05, 0.1) is 6.04 Å². The molecule has 0 spiro atoms. The van der Waals surface area contributed by atoms with Crippen molar-refractivity contribution in [1.82, 2.24) is 5.43 Å². The molecule has 0 bridgehead atoms. The minimum Gasteiger partial charge on any atom is -0.325 e. The average molecular weight is 264 g/mol. The first-order valence-corrected chi connectivity index (χ1v) is 7.50. The van der Waals surface area contributed by atoms with Crippen molar-refractivity contribution in [3.05, 3.63) is 30.3 Å². The Morgan fingerprint density at radius 2 is 2.11 bits per heavy atom. The standard InChI is InChI=1S/C13H20N4S/c1-18-12-8-7-11(9-12)16-13(17-14)15-10-5-3-2-4-6-10/h2-6,11-12H,7-9,14H2,1H3,(H2,15,16,17). The molecule has 2 rings (SSSR count). The lowest BCUT2D eigenvalue weighted by Crippen LogP contribution is -2.37. The molecule has 18 heavy (non-hydrogen) atoms. The van der Waals surface area contributed by atoms with Gasteiger partial charge in [0.2, 0.25) is 5.96 Å². The molecule has 1 fully saturated rings. The van der Waals surface area contributed by atoms with Crippen LogP contribution >= 0.6 is 11.8 Å². The first-order valence-electron chi connectivity index (χ1n) is 6.21. The van der Waals surface area contributed by atoms with Crippen LogP contribution in [0, 0.1) is 0 Å². The number of nitrogens with two attached hydrogens (primary N) is 1. The van der Waals surface area contributed by atoms with Gasteiger partial charge in [-0.1, -0.05) is 18.2 Å². The summed E-state index contributed by atoms with van der Waals surface area (Å²) in [6.07, 6.45) is 5.70. The SMILES string of the molecule is CSC1CCC(N=C(NN)Nc2ccccc2)C1. The highest BCUT2D eigenvalue weighted by Gasteiger charge is 2.23. The lowest BCUT2D eigenvalue weighted by atomic mass is 10.3. The van der Waals surface area contributed by atoms with Gasteiger partial charge >= 0.3 is 0 Å². The molecule has 0 aliphatic heterocycles. The van der Waals surface area contributed by atoms with Crippen LogP contribution in [0.4, 0.5) is 5.69 Å². The van der Waals surface area contributed by atoms with Crippen LogP contribution in [0.3, 0.4) is 0 Å². The van der Waals surface area contributed by atoms with Crippen LogP contribution in [0.1, 0.15) is 19.3 Å². The van der Waals surface area contributed by atoms with Crippen LogP contribution in [0.5, 0.6) is 0 Å². The number of nitrogens with one attached hydrogen (secondary N) is 2. The second-order valence-electron chi connectivity index (χ2n) is 4.44. The highest BCUT2D eigenvalue weighted by atomic mass is 32.2. The Morgan fingerprint density at radius 3 is 2.72 bits per heavy atom. The number of hydrogen-bond donors (Lipinski definition) is 3. The molecule has 5 heteroatoms. The lowest BCUT2D eigenvalue weighted by Gasteiger charge is -2.12. The smallest absolute Gasteiger partial charge is 0.210 e. The van der Waals surface area contributed by atoms with E-state index in [0.29, 0.717) is 12.0 Å². The van der Waals surface area contributed by atoms with Crippen LogP contribution < -0.4 is 16.6 Å². The number of hydrazine groups is 1. The molecule has 0 amide bonds. The molecule has 0 radical (unpaired) electrons. The van der Waals surface area contributed by atoms with E-state index in [2.05, 4.69) is 22.0 Å². The number of para-hydroxylation sites is 1. The quantitative estimate of drug-likeness (QED) is 0.339. The predicted octanol–water partition coefficient (Wildman–Crippen LogP) is 2.20. The maximum atomic E-state index is 5.52. The van der Waals surface area contributed by atoms with Gasteiger partial charge < -0.3 is 5.32 Å². The van der Waals surface area contributed by atoms with E-state index in [9.17, 15) is 0 Å². The van der Waals surface area contributed by atoms with Gasteiger partial charge in [-0.2, -0.15) is 11.8 Å². The molecule has 4 N–H and O–H groups in total. The maximum Gasteiger partial charge on any atom is 0.210 e. The molecule has 4 nitrogen and oxygen atoms in total. The van der Waals surface area contributed by atoms with Gasteiger partial charge in [-0.25, -0.2) is 10.8 Å². The third kappa shape index (κ3) is 3.65. The van der Waals surface area contributed by atoms with E-state index in [1.54, 1.807) is 0 Å². The Kier molecular flexibility index (Phi) is 4.90. The Bertz CT molecular complexity index is 393. The van der Waals surface area contributed by atoms with Gasteiger partial charge in [-0.3, -0.25) is 5.43 Å². The summed E-state index contributed by atoms with van der Waals surface area (Å²) in [6, 6.07) is 10.3. The highest BCUT2D eigenvalue weighted by molar-refractivity contribution is 7.99. The van der Waals surface area contributed by atoms with Crippen LogP contribution in [-0.2, 0) is 0 Å². The van der Waals surface area contributed by atoms with Crippen LogP contribution in [0.25, 0.3) is 0 Å². The fourth-order valence-electron chi connectivity index (χ4n) is 2.20. The number of guanidine groups is 1. The van der Waals surface area contributed by atoms with Crippen molar-refractivity contribution in [3.63, 3.8) is 0 Å². The van der Waals surface area contributed by atoms with Gasteiger partial charge in [0.25, 0.3) is 0 Å². The summed E-state index contributed by atoms with van der Waals surface area (Å²) >= 11 is 1.93. The summed E-state index contributed by atoms with van der Waals surface area (Å²) in [4.78, 5) is 4.64. The molecule has 2 unspecified atom stereocenters. The van der Waals surface area contributed by atoms with Gasteiger partial charge in [0.1, 0.15) is 0 Å². The summed E-state index contributed by atoms with van der Waals surface area (Å²) in [5, 5.41) is 3.94. The summed E-state index contributed by atoms with van der Waals surface area (Å²) in [5.41, 5.74) is 3.64. The van der Waals surface area contributed by atoms with Crippen LogP contribution in [0.2, 0.25) is 0 Å². The van der Waals surface area contributed by atoms with E-state index >= 15 is 0 Å². The zero-order valence-corrected chi connectivity index (χ0v) is 11.4. The van der Waals surface area contributed by atoms with E-state index in [-0.39, 0.29) is 0 Å². The summed E-state index contributed by atoms with van der Waals surface area (Å²) in [6.45, 7) is 0. The van der Waals surface area contributed by atoms with Crippen molar-refractivity contribution in [2.75, 3.05) is 11.6 Å². The summed E-state index contributed by atoms with van der Waals surface area (Å²) in [5.74, 6) is 6.16. The molecule has 1 aromatic carbocycles. The van der Waals surface area contributed by atoms with Crippen molar-refractivity contribution in [1.29, 1.82) is 0 Å². The van der Waals surface area contributed by atoms with Gasteiger partial charge in [-0.15, -0.1) is 0 Å². The second kappa shape index (κ2) is 6.66. The van der Waals surface area contributed by atoms with Gasteiger partial charge in [-0.05, 0) is 37.7 Å². The van der Waals surface area contributed by atoms with Gasteiger partial charge in [0, 0.05) is 10.9 Å². The molecule has 0 heterocycles. The number of rotatable bonds is 3. The Morgan fingerprint density at radius 1 is 1.33 bits per heavy atom. The summed E-state index contributed by atoms with van der Waals surface area (Å²) in [7, 11) is 0. The number of benzene rings is 1. The van der Waals surface area contributed by atoms with Crippen molar-refractivity contribution in [2.24, 2.45) is 10.8 Å². The number of anilines is 1. The maximum absolute atomic E-state index is 5.52. The third-order valence-corrected chi connectivity index (χ3v) is 4.27. The number of aliphatic imine (C=N–C) groups is 1. The topological polar surface area (TPSA) is 62.4 Å². The normalized spacial score (nSPS) is 24.0. The Hall–Kier alpha value is -1.20. The Balaban J connectivity index is 1.96. The van der Waals surface area contributed by atoms with Crippen LogP contribution in [-0.4, -0.2) is 23.5 Å². The zero-order chi connectivity index (χ0) is 12.8. The van der Waals surface area contributed by atoms with E-state index < -0.39 is 0 Å². The monoisotopic (exact) mass is 264 g/mol. The van der Waals surface area contributed by atoms with Crippen molar-refractivity contribution in [3.8, 4) is 0 Å². The molecule has 2 atom stereocenters. The molecular weight excluding hydrogens is 244 g/mol. The highest BCUT2D eigenvalue weighted by Crippen LogP contribution is 2.30. The number of hydrogen-bond acceptors (Lipinski definition) is 3. The largest absolute Gasteiger partial charge is 0.325 e. The van der Waals surface area contributed by atoms with E-state index in [1.165, 1.54) is 6.42 Å². The molecule has 1 aliphatic carbocycles. The summed E-state index contributed by atoms with van der Waals surface area (Å²) < 4.78 is 0. The van der Waals surface area contributed by atoms with Gasteiger partial charge in [0.15, 0.2) is 0 Å². The van der Waals surface area contributed by atoms with E-state index in [0.717, 1.165) is 23.8 Å². The molecule has 1 saturated carbocycles. The molecule has 0 saturated heterocycles. The molecular formula is C13H20N4S. The number of nitrogens with zero attached hydrogens (tertiary/aromatic N) is 1. The first kappa shape index (κ1) is 13.2. The fourth-order valence-corrected chi connectivity index (χ4v) is 2.98. The third-order valence-electron chi connectivity index (χ3n) is 3.18. The van der Waals surface area contributed by atoms with Crippen molar-refractivity contribution < 1.29 is 0 Å². The lowest BCUT2D eigenvalue weighted by molar-refractivity contribution is 0.701.